The third-order valence-corrected chi connectivity index (χ3v) is 2.86. The lowest BCUT2D eigenvalue weighted by atomic mass is 10.5. The second-order valence-corrected chi connectivity index (χ2v) is 3.80. The molecule has 0 fully saturated rings. The van der Waals surface area contributed by atoms with Crippen LogP contribution in [-0.4, -0.2) is 33.6 Å². The Morgan fingerprint density at radius 2 is 2.38 bits per heavy atom. The minimum Gasteiger partial charge on any atom is -0.383 e. The first-order chi connectivity index (χ1) is 6.27. The number of carbonyl (C=O) groups excluding carboxylic acids is 1. The summed E-state index contributed by atoms with van der Waals surface area (Å²) in [5, 5.41) is 1.10. The Morgan fingerprint density at radius 3 is 2.92 bits per heavy atom. The van der Waals surface area contributed by atoms with Crippen molar-refractivity contribution >= 4 is 22.6 Å². The molecule has 1 aromatic heterocycles. The molecule has 0 aliphatic carbocycles. The van der Waals surface area contributed by atoms with Gasteiger partial charge in [-0.2, -0.15) is 0 Å². The van der Waals surface area contributed by atoms with Gasteiger partial charge in [0.15, 0.2) is 6.29 Å². The lowest BCUT2D eigenvalue weighted by molar-refractivity contribution is 0.112. The second kappa shape index (κ2) is 4.99. The number of methoxy groups -OCH3 is 1. The average Bonchev–Trinajstić information content (AvgIpc) is 2.62. The summed E-state index contributed by atoms with van der Waals surface area (Å²) in [5.74, 6) is 0. The molecule has 0 aliphatic rings. The molecule has 13 heavy (non-hydrogen) atoms. The first kappa shape index (κ1) is 10.2. The quantitative estimate of drug-likeness (QED) is 0.675. The van der Waals surface area contributed by atoms with E-state index in [1.807, 2.05) is 19.2 Å². The molecule has 0 bridgehead atoms. The van der Waals surface area contributed by atoms with E-state index in [1.165, 1.54) is 11.3 Å². The molecular weight excluding hydrogens is 186 g/mol. The number of thiophene rings is 1. The van der Waals surface area contributed by atoms with E-state index in [4.69, 9.17) is 4.74 Å². The molecule has 0 atom stereocenters. The highest BCUT2D eigenvalue weighted by molar-refractivity contribution is 7.17. The van der Waals surface area contributed by atoms with E-state index >= 15 is 0 Å². The normalized spacial score (nSPS) is 10.0. The predicted molar refractivity (Wildman–Crippen MR) is 54.9 cm³/mol. The van der Waals surface area contributed by atoms with Gasteiger partial charge >= 0.3 is 0 Å². The van der Waals surface area contributed by atoms with Crippen molar-refractivity contribution in [3.63, 3.8) is 0 Å². The highest BCUT2D eigenvalue weighted by Gasteiger charge is 2.03. The molecule has 1 heterocycles. The molecule has 1 rings (SSSR count). The van der Waals surface area contributed by atoms with Crippen molar-refractivity contribution < 1.29 is 9.53 Å². The van der Waals surface area contributed by atoms with Gasteiger partial charge in [-0.1, -0.05) is 0 Å². The van der Waals surface area contributed by atoms with Gasteiger partial charge in [0.25, 0.3) is 0 Å². The molecule has 0 unspecified atom stereocenters. The van der Waals surface area contributed by atoms with Gasteiger partial charge in [-0.25, -0.2) is 0 Å². The summed E-state index contributed by atoms with van der Waals surface area (Å²) in [7, 11) is 3.67. The summed E-state index contributed by atoms with van der Waals surface area (Å²) in [6, 6.07) is 3.78. The molecule has 4 heteroatoms. The maximum atomic E-state index is 10.4. The monoisotopic (exact) mass is 199 g/mol. The maximum absolute atomic E-state index is 10.4. The Labute approximate surface area is 81.9 Å². The number of rotatable bonds is 5. The maximum Gasteiger partial charge on any atom is 0.160 e. The Kier molecular flexibility index (Phi) is 3.92. The van der Waals surface area contributed by atoms with Crippen LogP contribution in [0, 0.1) is 0 Å². The van der Waals surface area contributed by atoms with Crippen molar-refractivity contribution in [3.05, 3.63) is 17.0 Å². The van der Waals surface area contributed by atoms with Crippen molar-refractivity contribution in [2.45, 2.75) is 0 Å². The average molecular weight is 199 g/mol. The van der Waals surface area contributed by atoms with Crippen LogP contribution in [0.5, 0.6) is 0 Å². The van der Waals surface area contributed by atoms with Crippen LogP contribution in [0.15, 0.2) is 12.1 Å². The van der Waals surface area contributed by atoms with Crippen LogP contribution >= 0.6 is 11.3 Å². The van der Waals surface area contributed by atoms with Crippen LogP contribution in [-0.2, 0) is 4.74 Å². The third-order valence-electron chi connectivity index (χ3n) is 1.74. The van der Waals surface area contributed by atoms with Gasteiger partial charge in [0, 0.05) is 20.7 Å². The van der Waals surface area contributed by atoms with Crippen LogP contribution in [0.2, 0.25) is 0 Å². The van der Waals surface area contributed by atoms with E-state index in [2.05, 4.69) is 4.90 Å². The lowest BCUT2D eigenvalue weighted by Gasteiger charge is -2.15. The number of hydrogen-bond acceptors (Lipinski definition) is 4. The number of anilines is 1. The zero-order valence-corrected chi connectivity index (χ0v) is 8.63. The van der Waals surface area contributed by atoms with Gasteiger partial charge in [-0.15, -0.1) is 11.3 Å². The second-order valence-electron chi connectivity index (χ2n) is 2.71. The molecule has 0 saturated carbocycles. The van der Waals surface area contributed by atoms with Crippen molar-refractivity contribution in [2.75, 3.05) is 32.2 Å². The number of likely N-dealkylation sites (N-methyl/N-ethyl adjacent to an activating group) is 1. The number of hydrogen-bond donors (Lipinski definition) is 0. The highest BCUT2D eigenvalue weighted by Crippen LogP contribution is 2.23. The minimum absolute atomic E-state index is 0.699. The van der Waals surface area contributed by atoms with E-state index < -0.39 is 0 Å². The first-order valence-electron chi connectivity index (χ1n) is 4.03. The SMILES string of the molecule is COCCN(C)c1ccc(C=O)s1. The smallest absolute Gasteiger partial charge is 0.160 e. The number of aldehydes is 1. The fourth-order valence-corrected chi connectivity index (χ4v) is 1.76. The van der Waals surface area contributed by atoms with Crippen LogP contribution in [0.4, 0.5) is 5.00 Å². The molecule has 72 valence electrons. The van der Waals surface area contributed by atoms with Crippen molar-refractivity contribution in [3.8, 4) is 0 Å². The summed E-state index contributed by atoms with van der Waals surface area (Å²) >= 11 is 1.49. The molecule has 0 saturated heterocycles. The molecule has 0 radical (unpaired) electrons. The van der Waals surface area contributed by atoms with Crippen LogP contribution in [0.3, 0.4) is 0 Å². The largest absolute Gasteiger partial charge is 0.383 e. The van der Waals surface area contributed by atoms with Crippen molar-refractivity contribution in [2.24, 2.45) is 0 Å². The Morgan fingerprint density at radius 1 is 1.62 bits per heavy atom. The standard InChI is InChI=1S/C9H13NO2S/c1-10(5-6-12-2)9-4-3-8(7-11)13-9/h3-4,7H,5-6H2,1-2H3. The van der Waals surface area contributed by atoms with E-state index in [-0.39, 0.29) is 0 Å². The minimum atomic E-state index is 0.699. The molecular formula is C9H13NO2S. The topological polar surface area (TPSA) is 29.5 Å². The van der Waals surface area contributed by atoms with Crippen LogP contribution in [0.25, 0.3) is 0 Å². The fourth-order valence-electron chi connectivity index (χ4n) is 0.949. The van der Waals surface area contributed by atoms with E-state index in [1.54, 1.807) is 7.11 Å². The molecule has 0 amide bonds. The molecule has 1 aromatic rings. The molecule has 0 aliphatic heterocycles. The van der Waals surface area contributed by atoms with Gasteiger partial charge < -0.3 is 9.64 Å². The van der Waals surface area contributed by atoms with Crippen molar-refractivity contribution in [1.29, 1.82) is 0 Å². The number of nitrogens with zero attached hydrogens (tertiary/aromatic N) is 1. The zero-order chi connectivity index (χ0) is 9.68. The zero-order valence-electron chi connectivity index (χ0n) is 7.82. The van der Waals surface area contributed by atoms with Gasteiger partial charge in [-0.05, 0) is 12.1 Å². The summed E-state index contributed by atoms with van der Waals surface area (Å²) in [6.07, 6.45) is 0.873. The molecule has 3 nitrogen and oxygen atoms in total. The number of ether oxygens (including phenoxy) is 1. The van der Waals surface area contributed by atoms with Gasteiger partial charge in [0.2, 0.25) is 0 Å². The van der Waals surface area contributed by atoms with Gasteiger partial charge in [-0.3, -0.25) is 4.79 Å². The molecule has 0 spiro atoms. The molecule has 0 aromatic carbocycles. The highest BCUT2D eigenvalue weighted by atomic mass is 32.1. The van der Waals surface area contributed by atoms with E-state index in [0.29, 0.717) is 6.61 Å². The summed E-state index contributed by atoms with van der Waals surface area (Å²) in [4.78, 5) is 13.3. The van der Waals surface area contributed by atoms with Gasteiger partial charge in [0.05, 0.1) is 16.5 Å². The summed E-state index contributed by atoms with van der Waals surface area (Å²) in [6.45, 7) is 1.54. The van der Waals surface area contributed by atoms with Crippen molar-refractivity contribution in [1.82, 2.24) is 0 Å². The van der Waals surface area contributed by atoms with Crippen LogP contribution < -0.4 is 4.90 Å². The van der Waals surface area contributed by atoms with Crippen LogP contribution in [0.1, 0.15) is 9.67 Å². The Hall–Kier alpha value is -0.870. The van der Waals surface area contributed by atoms with E-state index in [0.717, 1.165) is 22.7 Å². The van der Waals surface area contributed by atoms with Gasteiger partial charge in [0.1, 0.15) is 0 Å². The summed E-state index contributed by atoms with van der Waals surface area (Å²) < 4.78 is 4.96. The Balaban J connectivity index is 2.54. The predicted octanol–water partition coefficient (Wildman–Crippen LogP) is 1.64. The first-order valence-corrected chi connectivity index (χ1v) is 4.84. The summed E-state index contributed by atoms with van der Waals surface area (Å²) in [5.41, 5.74) is 0. The third kappa shape index (κ3) is 2.82. The Bertz CT molecular complexity index is 272. The lowest BCUT2D eigenvalue weighted by Crippen LogP contribution is -2.20. The fraction of sp³-hybridized carbons (Fsp3) is 0.444. The van der Waals surface area contributed by atoms with E-state index in [9.17, 15) is 4.79 Å². The number of carbonyl (C=O) groups is 1. The molecule has 0 N–H and O–H groups in total.